The average Bonchev–Trinajstić information content (AvgIpc) is 2.61. The molecule has 1 aliphatic rings. The molecule has 0 spiro atoms. The Bertz CT molecular complexity index is 423. The van der Waals surface area contributed by atoms with E-state index in [-0.39, 0.29) is 18.1 Å². The summed E-state index contributed by atoms with van der Waals surface area (Å²) in [6.07, 6.45) is 1.85. The number of aliphatic hydroxyl groups is 1. The molecule has 1 amide bonds. The first-order valence-electron chi connectivity index (χ1n) is 4.69. The summed E-state index contributed by atoms with van der Waals surface area (Å²) in [5.74, 6) is -0.205. The average molecular weight is 226 g/mol. The van der Waals surface area contributed by atoms with Gasteiger partial charge >= 0.3 is 5.69 Å². The summed E-state index contributed by atoms with van der Waals surface area (Å²) in [6.45, 7) is 0.602. The molecule has 1 fully saturated rings. The second-order valence-corrected chi connectivity index (χ2v) is 3.61. The molecule has 0 radical (unpaired) electrons. The lowest BCUT2D eigenvalue weighted by Gasteiger charge is -2.35. The molecule has 0 bridgehead atoms. The number of aromatic nitrogens is 2. The first-order chi connectivity index (χ1) is 7.56. The van der Waals surface area contributed by atoms with E-state index in [9.17, 15) is 14.9 Å². The zero-order valence-electron chi connectivity index (χ0n) is 8.31. The predicted molar refractivity (Wildman–Crippen MR) is 51.5 cm³/mol. The summed E-state index contributed by atoms with van der Waals surface area (Å²) in [4.78, 5) is 22.8. The zero-order chi connectivity index (χ0) is 11.7. The largest absolute Gasteiger partial charge is 0.389 e. The van der Waals surface area contributed by atoms with Crippen LogP contribution in [0, 0.1) is 10.1 Å². The normalized spacial score (nSPS) is 15.9. The van der Waals surface area contributed by atoms with Crippen molar-refractivity contribution in [1.29, 1.82) is 0 Å². The number of nitrogens with zero attached hydrogens (tertiary/aromatic N) is 4. The maximum Gasteiger partial charge on any atom is 0.307 e. The van der Waals surface area contributed by atoms with Crippen molar-refractivity contribution in [3.8, 4) is 0 Å². The standard InChI is InChI=1S/C8H10N4O4/c13-7-3-10(4-7)8(14)5-11-2-6(1-9-11)12(15)16/h1-2,7,13H,3-5H2. The number of nitro groups is 1. The number of β-amino-alcohol motifs (C(OH)–C–C–N with tert-alkyl or cyclic N) is 1. The number of carbonyl (C=O) groups excluding carboxylic acids is 1. The molecule has 86 valence electrons. The van der Waals surface area contributed by atoms with Gasteiger partial charge in [-0.15, -0.1) is 0 Å². The molecule has 0 atom stereocenters. The number of rotatable bonds is 3. The first-order valence-corrected chi connectivity index (χ1v) is 4.69. The molecule has 0 unspecified atom stereocenters. The van der Waals surface area contributed by atoms with E-state index in [0.717, 1.165) is 6.20 Å². The van der Waals surface area contributed by atoms with Gasteiger partial charge in [0.15, 0.2) is 0 Å². The molecule has 1 aromatic heterocycles. The summed E-state index contributed by atoms with van der Waals surface area (Å²) in [7, 11) is 0. The van der Waals surface area contributed by atoms with Crippen molar-refractivity contribution in [3.63, 3.8) is 0 Å². The van der Waals surface area contributed by atoms with Gasteiger partial charge in [0, 0.05) is 13.1 Å². The smallest absolute Gasteiger partial charge is 0.307 e. The van der Waals surface area contributed by atoms with Gasteiger partial charge in [-0.05, 0) is 0 Å². The fourth-order valence-electron chi connectivity index (χ4n) is 1.43. The van der Waals surface area contributed by atoms with E-state index in [1.807, 2.05) is 0 Å². The van der Waals surface area contributed by atoms with Crippen LogP contribution in [0.4, 0.5) is 5.69 Å². The van der Waals surface area contributed by atoms with Gasteiger partial charge in [0.2, 0.25) is 5.91 Å². The van der Waals surface area contributed by atoms with Gasteiger partial charge in [-0.2, -0.15) is 5.10 Å². The number of carbonyl (C=O) groups is 1. The molecule has 2 rings (SSSR count). The van der Waals surface area contributed by atoms with Crippen molar-refractivity contribution in [2.24, 2.45) is 0 Å². The minimum atomic E-state index is -0.568. The van der Waals surface area contributed by atoms with Crippen LogP contribution in [-0.2, 0) is 11.3 Å². The van der Waals surface area contributed by atoms with E-state index >= 15 is 0 Å². The Labute approximate surface area is 90.2 Å². The van der Waals surface area contributed by atoms with Crippen molar-refractivity contribution in [3.05, 3.63) is 22.5 Å². The Morgan fingerprint density at radius 1 is 1.69 bits per heavy atom. The molecule has 1 aromatic rings. The van der Waals surface area contributed by atoms with Crippen molar-refractivity contribution < 1.29 is 14.8 Å². The van der Waals surface area contributed by atoms with Gasteiger partial charge in [0.25, 0.3) is 0 Å². The number of hydrogen-bond donors (Lipinski definition) is 1. The van der Waals surface area contributed by atoms with Crippen LogP contribution in [-0.4, -0.2) is 49.8 Å². The third kappa shape index (κ3) is 2.01. The molecule has 0 saturated carbocycles. The van der Waals surface area contributed by atoms with Crippen LogP contribution in [0.25, 0.3) is 0 Å². The minimum absolute atomic E-state index is 0.0411. The van der Waals surface area contributed by atoms with Gasteiger partial charge in [0.05, 0.1) is 11.0 Å². The van der Waals surface area contributed by atoms with Crippen LogP contribution in [0.1, 0.15) is 0 Å². The summed E-state index contributed by atoms with van der Waals surface area (Å²) in [5, 5.41) is 23.1. The molecular formula is C8H10N4O4. The van der Waals surface area contributed by atoms with Crippen molar-refractivity contribution in [2.45, 2.75) is 12.6 Å². The van der Waals surface area contributed by atoms with E-state index in [0.29, 0.717) is 13.1 Å². The number of aliphatic hydroxyl groups excluding tert-OH is 1. The van der Waals surface area contributed by atoms with Gasteiger partial charge in [-0.25, -0.2) is 0 Å². The monoisotopic (exact) mass is 226 g/mol. The van der Waals surface area contributed by atoms with E-state index in [1.165, 1.54) is 15.8 Å². The maximum absolute atomic E-state index is 11.5. The summed E-state index contributed by atoms with van der Waals surface area (Å²) in [5.41, 5.74) is -0.142. The highest BCUT2D eigenvalue weighted by atomic mass is 16.6. The van der Waals surface area contributed by atoms with Crippen LogP contribution >= 0.6 is 0 Å². The summed E-state index contributed by atoms with van der Waals surface area (Å²) < 4.78 is 1.21. The fraction of sp³-hybridized carbons (Fsp3) is 0.500. The van der Waals surface area contributed by atoms with Crippen LogP contribution in [0.15, 0.2) is 12.4 Å². The van der Waals surface area contributed by atoms with Crippen LogP contribution in [0.2, 0.25) is 0 Å². The molecule has 16 heavy (non-hydrogen) atoms. The lowest BCUT2D eigenvalue weighted by Crippen LogP contribution is -2.54. The van der Waals surface area contributed by atoms with Crippen molar-refractivity contribution in [1.82, 2.24) is 14.7 Å². The van der Waals surface area contributed by atoms with Crippen molar-refractivity contribution >= 4 is 11.6 Å². The summed E-state index contributed by atoms with van der Waals surface area (Å²) >= 11 is 0. The van der Waals surface area contributed by atoms with Gasteiger partial charge in [-0.3, -0.25) is 19.6 Å². The maximum atomic E-state index is 11.5. The number of likely N-dealkylation sites (tertiary alicyclic amines) is 1. The van der Waals surface area contributed by atoms with Gasteiger partial charge in [0.1, 0.15) is 18.9 Å². The molecule has 0 aliphatic carbocycles. The highest BCUT2D eigenvalue weighted by Crippen LogP contribution is 2.10. The van der Waals surface area contributed by atoms with Gasteiger partial charge in [-0.1, -0.05) is 0 Å². The molecule has 1 aliphatic heterocycles. The quantitative estimate of drug-likeness (QED) is 0.525. The predicted octanol–water partition coefficient (Wildman–Crippen LogP) is -1.01. The third-order valence-corrected chi connectivity index (χ3v) is 2.34. The van der Waals surface area contributed by atoms with Gasteiger partial charge < -0.3 is 10.0 Å². The molecule has 8 heteroatoms. The van der Waals surface area contributed by atoms with Crippen LogP contribution in [0.5, 0.6) is 0 Å². The number of amides is 1. The van der Waals surface area contributed by atoms with E-state index in [2.05, 4.69) is 5.10 Å². The lowest BCUT2D eigenvalue weighted by molar-refractivity contribution is -0.385. The van der Waals surface area contributed by atoms with E-state index in [4.69, 9.17) is 5.11 Å². The lowest BCUT2D eigenvalue weighted by atomic mass is 10.2. The Morgan fingerprint density at radius 2 is 2.38 bits per heavy atom. The SMILES string of the molecule is O=C(Cn1cc([N+](=O)[O-])cn1)N1CC(O)C1. The topological polar surface area (TPSA) is 102 Å². The highest BCUT2D eigenvalue weighted by Gasteiger charge is 2.28. The zero-order valence-corrected chi connectivity index (χ0v) is 8.31. The van der Waals surface area contributed by atoms with Crippen molar-refractivity contribution in [2.75, 3.05) is 13.1 Å². The van der Waals surface area contributed by atoms with Crippen LogP contribution in [0.3, 0.4) is 0 Å². The first kappa shape index (κ1) is 10.6. The second kappa shape index (κ2) is 3.89. The third-order valence-electron chi connectivity index (χ3n) is 2.34. The number of hydrogen-bond acceptors (Lipinski definition) is 5. The summed E-state index contributed by atoms with van der Waals surface area (Å²) in [6, 6.07) is 0. The molecule has 2 heterocycles. The Kier molecular flexibility index (Phi) is 2.57. The highest BCUT2D eigenvalue weighted by molar-refractivity contribution is 5.76. The molecular weight excluding hydrogens is 216 g/mol. The second-order valence-electron chi connectivity index (χ2n) is 3.61. The molecule has 1 saturated heterocycles. The Morgan fingerprint density at radius 3 is 2.88 bits per heavy atom. The Hall–Kier alpha value is -1.96. The van der Waals surface area contributed by atoms with Crippen LogP contribution < -0.4 is 0 Å². The fourth-order valence-corrected chi connectivity index (χ4v) is 1.43. The van der Waals surface area contributed by atoms with E-state index < -0.39 is 11.0 Å². The molecule has 8 nitrogen and oxygen atoms in total. The molecule has 1 N–H and O–H groups in total. The minimum Gasteiger partial charge on any atom is -0.389 e. The molecule has 0 aromatic carbocycles. The Balaban J connectivity index is 1.93. The van der Waals surface area contributed by atoms with E-state index in [1.54, 1.807) is 0 Å².